The zero-order valence-corrected chi connectivity index (χ0v) is 28.5. The number of nitro benzene ring substituents is 1. The molecule has 0 aromatic heterocycles. The molecular formula is C35H41N5O11. The lowest BCUT2D eigenvalue weighted by Crippen LogP contribution is -2.57. The summed E-state index contributed by atoms with van der Waals surface area (Å²) in [5.41, 5.74) is 6.38. The Morgan fingerprint density at radius 1 is 1.06 bits per heavy atom. The molecule has 2 aliphatic rings. The Kier molecular flexibility index (Phi) is 12.5. The number of nitrogens with two attached hydrogens (primary N) is 1. The number of benzene rings is 3. The highest BCUT2D eigenvalue weighted by molar-refractivity contribution is 5.93. The SMILES string of the molecule is COC(=O)[C@@H](O)[C@@H]1NC(=O)[C@@H](Cc2ccccc2)NC(=O)[C@@H](NC(=O)[C@H](N)CC(C)C)Cc2ccc(c([N+](=O)[O-])c2)Oc2cc1cc(O)c2OC. The summed E-state index contributed by atoms with van der Waals surface area (Å²) in [6, 6.07) is 9.53. The second-order valence-electron chi connectivity index (χ2n) is 12.4. The number of aliphatic hydroxyl groups excluding tert-OH is 1. The Hall–Kier alpha value is -5.74. The minimum atomic E-state index is -2.05. The van der Waals surface area contributed by atoms with Crippen LogP contribution in [0.3, 0.4) is 0 Å². The number of nitrogens with one attached hydrogen (secondary N) is 3. The van der Waals surface area contributed by atoms with E-state index in [2.05, 4.69) is 16.0 Å². The van der Waals surface area contributed by atoms with Crippen LogP contribution in [-0.4, -0.2) is 77.3 Å². The molecule has 0 unspecified atom stereocenters. The van der Waals surface area contributed by atoms with Crippen molar-refractivity contribution in [1.82, 2.24) is 16.0 Å². The lowest BCUT2D eigenvalue weighted by Gasteiger charge is -2.28. The number of carbonyl (C=O) groups excluding carboxylic acids is 4. The van der Waals surface area contributed by atoms with Crippen molar-refractivity contribution in [3.63, 3.8) is 0 Å². The molecule has 2 heterocycles. The molecule has 0 saturated carbocycles. The minimum absolute atomic E-state index is 0.0547. The van der Waals surface area contributed by atoms with Crippen LogP contribution in [-0.2, 0) is 36.8 Å². The normalized spacial score (nSPS) is 18.8. The van der Waals surface area contributed by atoms with Crippen LogP contribution in [0.4, 0.5) is 5.69 Å². The monoisotopic (exact) mass is 707 g/mol. The number of aromatic hydroxyl groups is 1. The van der Waals surface area contributed by atoms with Crippen molar-refractivity contribution in [3.8, 4) is 23.0 Å². The molecular weight excluding hydrogens is 666 g/mol. The van der Waals surface area contributed by atoms with Gasteiger partial charge in [0.2, 0.25) is 29.2 Å². The highest BCUT2D eigenvalue weighted by Gasteiger charge is 2.36. The van der Waals surface area contributed by atoms with Crippen molar-refractivity contribution in [3.05, 3.63) is 87.5 Å². The van der Waals surface area contributed by atoms with Gasteiger partial charge < -0.3 is 46.1 Å². The van der Waals surface area contributed by atoms with Crippen LogP contribution in [0.1, 0.15) is 43.0 Å². The molecule has 0 aliphatic carbocycles. The van der Waals surface area contributed by atoms with Crippen molar-refractivity contribution in [2.45, 2.75) is 63.4 Å². The second kappa shape index (κ2) is 16.8. The fourth-order valence-corrected chi connectivity index (χ4v) is 5.63. The summed E-state index contributed by atoms with van der Waals surface area (Å²) in [5, 5.41) is 42.1. The Bertz CT molecular complexity index is 1770. The summed E-state index contributed by atoms with van der Waals surface area (Å²) in [4.78, 5) is 65.4. The van der Waals surface area contributed by atoms with E-state index in [1.54, 1.807) is 30.3 Å². The van der Waals surface area contributed by atoms with Crippen molar-refractivity contribution < 1.29 is 48.5 Å². The number of nitrogens with zero attached hydrogens (tertiary/aromatic N) is 1. The number of nitro groups is 1. The quantitative estimate of drug-likeness (QED) is 0.101. The van der Waals surface area contributed by atoms with Gasteiger partial charge in [0.25, 0.3) is 0 Å². The predicted octanol–water partition coefficient (Wildman–Crippen LogP) is 1.93. The molecule has 4 bridgehead atoms. The van der Waals surface area contributed by atoms with Crippen LogP contribution in [0.5, 0.6) is 23.0 Å². The van der Waals surface area contributed by atoms with E-state index in [9.17, 15) is 39.5 Å². The zero-order chi connectivity index (χ0) is 37.4. The average molecular weight is 708 g/mol. The molecule has 0 spiro atoms. The number of rotatable bonds is 10. The summed E-state index contributed by atoms with van der Waals surface area (Å²) in [6.07, 6.45) is -2.07. The van der Waals surface area contributed by atoms with Gasteiger partial charge in [-0.1, -0.05) is 50.2 Å². The molecule has 272 valence electrons. The molecule has 3 aromatic rings. The molecule has 3 amide bonds. The summed E-state index contributed by atoms with van der Waals surface area (Å²) < 4.78 is 15.9. The first-order valence-electron chi connectivity index (χ1n) is 16.0. The first-order chi connectivity index (χ1) is 24.2. The highest BCUT2D eigenvalue weighted by Crippen LogP contribution is 2.44. The summed E-state index contributed by atoms with van der Waals surface area (Å²) in [7, 11) is 2.23. The fourth-order valence-electron chi connectivity index (χ4n) is 5.63. The van der Waals surface area contributed by atoms with Crippen LogP contribution < -0.4 is 31.2 Å². The van der Waals surface area contributed by atoms with E-state index in [-0.39, 0.29) is 47.1 Å². The summed E-state index contributed by atoms with van der Waals surface area (Å²) >= 11 is 0. The molecule has 0 fully saturated rings. The van der Waals surface area contributed by atoms with Crippen LogP contribution in [0, 0.1) is 16.0 Å². The molecule has 2 aliphatic heterocycles. The minimum Gasteiger partial charge on any atom is -0.504 e. The topological polar surface area (TPSA) is 242 Å². The Morgan fingerprint density at radius 3 is 2.39 bits per heavy atom. The predicted molar refractivity (Wildman–Crippen MR) is 182 cm³/mol. The molecule has 16 heteroatoms. The highest BCUT2D eigenvalue weighted by atomic mass is 16.6. The van der Waals surface area contributed by atoms with Crippen molar-refractivity contribution >= 4 is 29.4 Å². The van der Waals surface area contributed by atoms with Crippen LogP contribution in [0.15, 0.2) is 60.7 Å². The van der Waals surface area contributed by atoms with Crippen LogP contribution in [0.25, 0.3) is 0 Å². The number of phenols is 1. The molecule has 16 nitrogen and oxygen atoms in total. The van der Waals surface area contributed by atoms with Gasteiger partial charge >= 0.3 is 11.7 Å². The average Bonchev–Trinajstić information content (AvgIpc) is 3.09. The third-order valence-electron chi connectivity index (χ3n) is 8.17. The number of hydrogen-bond acceptors (Lipinski definition) is 12. The largest absolute Gasteiger partial charge is 0.504 e. The van der Waals surface area contributed by atoms with Gasteiger partial charge in [-0.25, -0.2) is 4.79 Å². The van der Waals surface area contributed by atoms with Gasteiger partial charge in [0.05, 0.1) is 31.2 Å². The third-order valence-corrected chi connectivity index (χ3v) is 8.17. The number of methoxy groups -OCH3 is 2. The Morgan fingerprint density at radius 2 is 1.76 bits per heavy atom. The van der Waals surface area contributed by atoms with Crippen molar-refractivity contribution in [1.29, 1.82) is 0 Å². The molecule has 0 radical (unpaired) electrons. The molecule has 7 N–H and O–H groups in total. The second-order valence-corrected chi connectivity index (χ2v) is 12.4. The number of aliphatic hydroxyl groups is 1. The molecule has 5 rings (SSSR count). The van der Waals surface area contributed by atoms with Gasteiger partial charge in [-0.3, -0.25) is 24.5 Å². The van der Waals surface area contributed by atoms with Gasteiger partial charge in [0.15, 0.2) is 17.6 Å². The van der Waals surface area contributed by atoms with E-state index < -0.39 is 70.3 Å². The van der Waals surface area contributed by atoms with Crippen LogP contribution in [0.2, 0.25) is 0 Å². The molecule has 51 heavy (non-hydrogen) atoms. The van der Waals surface area contributed by atoms with Gasteiger partial charge in [-0.05, 0) is 47.2 Å². The molecule has 5 atom stereocenters. The van der Waals surface area contributed by atoms with E-state index in [1.165, 1.54) is 25.3 Å². The maximum absolute atomic E-state index is 14.1. The number of esters is 1. The molecule has 3 aromatic carbocycles. The number of ether oxygens (including phenoxy) is 3. The van der Waals surface area contributed by atoms with Crippen molar-refractivity contribution in [2.24, 2.45) is 11.7 Å². The lowest BCUT2D eigenvalue weighted by molar-refractivity contribution is -0.385. The standard InChI is InChI=1S/C35H41N5O11/c1-18(2)12-22(36)32(43)37-24-14-20-10-11-27(25(15-20)40(47)48)51-28-17-21(16-26(41)31(28)49-3)29(30(42)35(46)50-4)39-34(45)23(38-33(24)44)13-19-8-6-5-7-9-19/h5-11,15-18,22-24,29-30,41-42H,12-14,36H2,1-4H3,(H,37,43)(H,38,44)(H,39,45)/t22-,23-,24+,29-,30+/m1/s1. The van der Waals surface area contributed by atoms with Gasteiger partial charge in [-0.15, -0.1) is 0 Å². The Labute approximate surface area is 293 Å². The smallest absolute Gasteiger partial charge is 0.337 e. The maximum atomic E-state index is 14.1. The first kappa shape index (κ1) is 38.1. The first-order valence-corrected chi connectivity index (χ1v) is 16.0. The fraction of sp³-hybridized carbons (Fsp3) is 0.371. The maximum Gasteiger partial charge on any atom is 0.337 e. The van der Waals surface area contributed by atoms with E-state index in [0.29, 0.717) is 12.0 Å². The number of fused-ring (bicyclic) bond motifs is 9. The van der Waals surface area contributed by atoms with E-state index >= 15 is 0 Å². The number of hydrogen-bond donors (Lipinski definition) is 6. The zero-order valence-electron chi connectivity index (χ0n) is 28.5. The summed E-state index contributed by atoms with van der Waals surface area (Å²) in [5.74, 6) is -4.77. The van der Waals surface area contributed by atoms with Gasteiger partial charge in [-0.2, -0.15) is 0 Å². The lowest BCUT2D eigenvalue weighted by atomic mass is 9.97. The number of amides is 3. The van der Waals surface area contributed by atoms with Crippen LogP contribution >= 0.6 is 0 Å². The van der Waals surface area contributed by atoms with E-state index in [1.807, 2.05) is 13.8 Å². The molecule has 0 saturated heterocycles. The number of carbonyl (C=O) groups is 4. The number of phenolic OH excluding ortho intramolecular Hbond substituents is 1. The summed E-state index contributed by atoms with van der Waals surface area (Å²) in [6.45, 7) is 3.75. The van der Waals surface area contributed by atoms with Crippen molar-refractivity contribution in [2.75, 3.05) is 14.2 Å². The Balaban J connectivity index is 1.91. The van der Waals surface area contributed by atoms with E-state index in [4.69, 9.17) is 19.9 Å². The van der Waals surface area contributed by atoms with Gasteiger partial charge in [0.1, 0.15) is 12.1 Å². The van der Waals surface area contributed by atoms with Gasteiger partial charge in [0, 0.05) is 18.9 Å². The van der Waals surface area contributed by atoms with E-state index in [0.717, 1.165) is 19.2 Å². The third kappa shape index (κ3) is 9.49.